The Hall–Kier alpha value is -2.36. The van der Waals surface area contributed by atoms with Crippen molar-refractivity contribution >= 4 is 27.3 Å². The summed E-state index contributed by atoms with van der Waals surface area (Å²) in [6.45, 7) is 8.77. The van der Waals surface area contributed by atoms with Crippen LogP contribution in [0.1, 0.15) is 37.1 Å². The molecule has 0 saturated carbocycles. The van der Waals surface area contributed by atoms with Crippen molar-refractivity contribution in [3.8, 4) is 0 Å². The molecule has 0 radical (unpaired) electrons. The Balaban J connectivity index is 1.97. The van der Waals surface area contributed by atoms with Gasteiger partial charge in [0.1, 0.15) is 5.76 Å². The van der Waals surface area contributed by atoms with Crippen molar-refractivity contribution < 1.29 is 22.4 Å². The summed E-state index contributed by atoms with van der Waals surface area (Å²) in [5.41, 5.74) is 1.20. The summed E-state index contributed by atoms with van der Waals surface area (Å²) in [6.07, 6.45) is 0.686. The van der Waals surface area contributed by atoms with Gasteiger partial charge < -0.3 is 19.4 Å². The molecule has 1 fully saturated rings. The Kier molecular flexibility index (Phi) is 7.17. The van der Waals surface area contributed by atoms with E-state index in [1.165, 1.54) is 10.4 Å². The normalized spacial score (nSPS) is 15.2. The lowest BCUT2D eigenvalue weighted by molar-refractivity contribution is 0.0730. The molecule has 1 saturated heterocycles. The zero-order chi connectivity index (χ0) is 21.7. The van der Waals surface area contributed by atoms with Gasteiger partial charge in [0.25, 0.3) is 5.91 Å². The molecule has 1 aromatic heterocycles. The van der Waals surface area contributed by atoms with Crippen LogP contribution in [0.4, 0.5) is 11.4 Å². The first-order valence-corrected chi connectivity index (χ1v) is 11.7. The third-order valence-corrected chi connectivity index (χ3v) is 7.06. The maximum Gasteiger partial charge on any atom is 0.291 e. The summed E-state index contributed by atoms with van der Waals surface area (Å²) in [6, 6.07) is 8.25. The smallest absolute Gasteiger partial charge is 0.291 e. The minimum absolute atomic E-state index is 0.143. The molecule has 164 valence electrons. The standard InChI is InChI=1S/C21H29N3O5S/c1-4-16-7-10-20(29-16)21(25)22-18-15-17(8-9-19(18)23(5-2)6-3)30(26,27)24-11-13-28-14-12-24/h7-10,15H,4-6,11-14H2,1-3H3,(H,22,25). The van der Waals surface area contributed by atoms with E-state index in [4.69, 9.17) is 9.15 Å². The van der Waals surface area contributed by atoms with Crippen LogP contribution >= 0.6 is 0 Å². The second-order valence-electron chi connectivity index (χ2n) is 6.94. The highest BCUT2D eigenvalue weighted by atomic mass is 32.2. The Morgan fingerprint density at radius 3 is 2.40 bits per heavy atom. The van der Waals surface area contributed by atoms with Gasteiger partial charge >= 0.3 is 0 Å². The molecule has 1 amide bonds. The van der Waals surface area contributed by atoms with Crippen LogP contribution in [0.15, 0.2) is 39.6 Å². The lowest BCUT2D eigenvalue weighted by Crippen LogP contribution is -2.40. The molecule has 8 nitrogen and oxygen atoms in total. The number of furan rings is 1. The number of sulfonamides is 1. The third kappa shape index (κ3) is 4.69. The molecular formula is C21H29N3O5S. The van der Waals surface area contributed by atoms with Gasteiger partial charge in [0.05, 0.1) is 29.5 Å². The quantitative estimate of drug-likeness (QED) is 0.685. The summed E-state index contributed by atoms with van der Waals surface area (Å²) in [5.74, 6) is 0.496. The number of rotatable bonds is 8. The molecule has 0 bridgehead atoms. The number of hydrogen-bond acceptors (Lipinski definition) is 6. The van der Waals surface area contributed by atoms with E-state index in [1.807, 2.05) is 20.8 Å². The van der Waals surface area contributed by atoms with E-state index in [0.717, 1.165) is 18.8 Å². The fourth-order valence-corrected chi connectivity index (χ4v) is 4.86. The third-order valence-electron chi connectivity index (χ3n) is 5.16. The molecular weight excluding hydrogens is 406 g/mol. The van der Waals surface area contributed by atoms with Gasteiger partial charge in [0.15, 0.2) is 5.76 Å². The number of aryl methyl sites for hydroxylation is 1. The molecule has 1 aliphatic rings. The highest BCUT2D eigenvalue weighted by Gasteiger charge is 2.28. The van der Waals surface area contributed by atoms with Gasteiger partial charge in [0, 0.05) is 32.6 Å². The molecule has 9 heteroatoms. The average molecular weight is 436 g/mol. The number of nitrogens with one attached hydrogen (secondary N) is 1. The van der Waals surface area contributed by atoms with Crippen molar-refractivity contribution in [2.24, 2.45) is 0 Å². The maximum atomic E-state index is 13.1. The van der Waals surface area contributed by atoms with E-state index in [2.05, 4.69) is 10.2 Å². The summed E-state index contributed by atoms with van der Waals surface area (Å²) < 4.78 is 38.4. The van der Waals surface area contributed by atoms with Crippen LogP contribution in [0.3, 0.4) is 0 Å². The largest absolute Gasteiger partial charge is 0.456 e. The fourth-order valence-electron chi connectivity index (χ4n) is 3.43. The summed E-state index contributed by atoms with van der Waals surface area (Å²) in [4.78, 5) is 15.0. The van der Waals surface area contributed by atoms with E-state index in [1.54, 1.807) is 24.3 Å². The van der Waals surface area contributed by atoms with Crippen molar-refractivity contribution in [1.82, 2.24) is 4.31 Å². The van der Waals surface area contributed by atoms with Crippen molar-refractivity contribution in [2.45, 2.75) is 32.1 Å². The topological polar surface area (TPSA) is 92.1 Å². The van der Waals surface area contributed by atoms with Crippen molar-refractivity contribution in [3.05, 3.63) is 41.9 Å². The number of benzene rings is 1. The maximum absolute atomic E-state index is 13.1. The highest BCUT2D eigenvalue weighted by molar-refractivity contribution is 7.89. The molecule has 1 aliphatic heterocycles. The molecule has 30 heavy (non-hydrogen) atoms. The van der Waals surface area contributed by atoms with Gasteiger partial charge in [-0.3, -0.25) is 4.79 Å². The summed E-state index contributed by atoms with van der Waals surface area (Å²) in [7, 11) is -3.68. The monoisotopic (exact) mass is 435 g/mol. The molecule has 0 aliphatic carbocycles. The van der Waals surface area contributed by atoms with E-state index in [-0.39, 0.29) is 10.7 Å². The predicted molar refractivity (Wildman–Crippen MR) is 116 cm³/mol. The Labute approximate surface area is 177 Å². The predicted octanol–water partition coefficient (Wildman–Crippen LogP) is 2.96. The van der Waals surface area contributed by atoms with E-state index in [0.29, 0.717) is 44.2 Å². The molecule has 1 N–H and O–H groups in total. The number of amides is 1. The Morgan fingerprint density at radius 2 is 1.80 bits per heavy atom. The average Bonchev–Trinajstić information content (AvgIpc) is 3.25. The molecule has 0 atom stereocenters. The Morgan fingerprint density at radius 1 is 1.10 bits per heavy atom. The molecule has 2 heterocycles. The summed E-state index contributed by atoms with van der Waals surface area (Å²) >= 11 is 0. The fraction of sp³-hybridized carbons (Fsp3) is 0.476. The number of ether oxygens (including phenoxy) is 1. The first kappa shape index (κ1) is 22.3. The van der Waals surface area contributed by atoms with E-state index >= 15 is 0 Å². The van der Waals surface area contributed by atoms with Crippen molar-refractivity contribution in [3.63, 3.8) is 0 Å². The van der Waals surface area contributed by atoms with Gasteiger partial charge in [-0.15, -0.1) is 0 Å². The van der Waals surface area contributed by atoms with Gasteiger partial charge in [-0.2, -0.15) is 4.31 Å². The van der Waals surface area contributed by atoms with Crippen LogP contribution in [0.25, 0.3) is 0 Å². The highest BCUT2D eigenvalue weighted by Crippen LogP contribution is 2.31. The zero-order valence-electron chi connectivity index (χ0n) is 17.7. The number of nitrogens with zero attached hydrogens (tertiary/aromatic N) is 2. The van der Waals surface area contributed by atoms with Crippen LogP contribution in [0.2, 0.25) is 0 Å². The van der Waals surface area contributed by atoms with Crippen molar-refractivity contribution in [1.29, 1.82) is 0 Å². The van der Waals surface area contributed by atoms with Crippen molar-refractivity contribution in [2.75, 3.05) is 49.6 Å². The number of carbonyl (C=O) groups excluding carboxylic acids is 1. The van der Waals surface area contributed by atoms with Gasteiger partial charge in [-0.05, 0) is 44.2 Å². The summed E-state index contributed by atoms with van der Waals surface area (Å²) in [5, 5.41) is 2.85. The molecule has 0 unspecified atom stereocenters. The SMILES string of the molecule is CCc1ccc(C(=O)Nc2cc(S(=O)(=O)N3CCOCC3)ccc2N(CC)CC)o1. The van der Waals surface area contributed by atoms with Crippen LogP contribution in [0, 0.1) is 0 Å². The molecule has 1 aromatic carbocycles. The first-order valence-electron chi connectivity index (χ1n) is 10.3. The van der Waals surface area contributed by atoms with Crippen LogP contribution in [0.5, 0.6) is 0 Å². The van der Waals surface area contributed by atoms with E-state index in [9.17, 15) is 13.2 Å². The second kappa shape index (κ2) is 9.63. The van der Waals surface area contributed by atoms with Crippen LogP contribution < -0.4 is 10.2 Å². The minimum Gasteiger partial charge on any atom is -0.456 e. The van der Waals surface area contributed by atoms with Gasteiger partial charge in [-0.25, -0.2) is 8.42 Å². The number of hydrogen-bond donors (Lipinski definition) is 1. The lowest BCUT2D eigenvalue weighted by atomic mass is 10.2. The number of carbonyl (C=O) groups is 1. The lowest BCUT2D eigenvalue weighted by Gasteiger charge is -2.28. The van der Waals surface area contributed by atoms with Gasteiger partial charge in [0.2, 0.25) is 10.0 Å². The number of morpholine rings is 1. The van der Waals surface area contributed by atoms with Gasteiger partial charge in [-0.1, -0.05) is 6.92 Å². The van der Waals surface area contributed by atoms with E-state index < -0.39 is 15.9 Å². The zero-order valence-corrected chi connectivity index (χ0v) is 18.5. The molecule has 0 spiro atoms. The second-order valence-corrected chi connectivity index (χ2v) is 8.88. The number of anilines is 2. The minimum atomic E-state index is -3.68. The van der Waals surface area contributed by atoms with Crippen LogP contribution in [-0.2, 0) is 21.2 Å². The molecule has 2 aromatic rings. The first-order chi connectivity index (χ1) is 14.4. The Bertz CT molecular complexity index is 976. The molecule has 3 rings (SSSR count). The van der Waals surface area contributed by atoms with Crippen LogP contribution in [-0.4, -0.2) is 58.0 Å².